The predicted octanol–water partition coefficient (Wildman–Crippen LogP) is 2.24. The van der Waals surface area contributed by atoms with Crippen molar-refractivity contribution < 1.29 is 4.74 Å². The van der Waals surface area contributed by atoms with Crippen LogP contribution in [0.4, 0.5) is 0 Å². The molecule has 3 rings (SSSR count). The number of hydrogen-bond acceptors (Lipinski definition) is 5. The highest BCUT2D eigenvalue weighted by atomic mass is 32.2. The number of aryl methyl sites for hydroxylation is 1. The van der Waals surface area contributed by atoms with E-state index in [1.807, 2.05) is 16.8 Å². The number of thioether (sulfide) groups is 1. The van der Waals surface area contributed by atoms with Gasteiger partial charge >= 0.3 is 0 Å². The van der Waals surface area contributed by atoms with Crippen molar-refractivity contribution in [2.45, 2.75) is 24.5 Å². The summed E-state index contributed by atoms with van der Waals surface area (Å²) in [6.07, 6.45) is 0.871. The minimum atomic E-state index is 0.268. The van der Waals surface area contributed by atoms with Gasteiger partial charge in [-0.1, -0.05) is 30.8 Å². The van der Waals surface area contributed by atoms with Crippen molar-refractivity contribution in [1.82, 2.24) is 14.9 Å². The second kappa shape index (κ2) is 5.13. The van der Waals surface area contributed by atoms with Crippen molar-refractivity contribution >= 4 is 11.8 Å². The zero-order valence-corrected chi connectivity index (χ0v) is 11.8. The molecule has 1 aromatic heterocycles. The van der Waals surface area contributed by atoms with Gasteiger partial charge in [-0.15, -0.1) is 10.2 Å². The predicted molar refractivity (Wildman–Crippen MR) is 75.2 cm³/mol. The number of hydrogen-bond donors (Lipinski definition) is 1. The van der Waals surface area contributed by atoms with E-state index in [2.05, 4.69) is 34.7 Å². The molecule has 1 aliphatic rings. The van der Waals surface area contributed by atoms with E-state index in [9.17, 15) is 0 Å². The van der Waals surface area contributed by atoms with Gasteiger partial charge in [-0.05, 0) is 17.7 Å². The number of nitrogens with one attached hydrogen (secondary N) is 1. The molecular formula is C13H16N4OS. The minimum absolute atomic E-state index is 0.268. The van der Waals surface area contributed by atoms with E-state index in [4.69, 9.17) is 4.74 Å². The lowest BCUT2D eigenvalue weighted by atomic mass is 10.1. The summed E-state index contributed by atoms with van der Waals surface area (Å²) < 4.78 is 7.19. The summed E-state index contributed by atoms with van der Waals surface area (Å²) in [5, 5.41) is 9.30. The van der Waals surface area contributed by atoms with Crippen LogP contribution in [0.3, 0.4) is 0 Å². The molecule has 1 aliphatic heterocycles. The zero-order valence-electron chi connectivity index (χ0n) is 11.0. The molecule has 1 atom stereocenters. The molecule has 1 unspecified atom stereocenters. The van der Waals surface area contributed by atoms with E-state index in [0.29, 0.717) is 0 Å². The van der Waals surface area contributed by atoms with Crippen LogP contribution in [0.2, 0.25) is 0 Å². The van der Waals surface area contributed by atoms with Crippen LogP contribution >= 0.6 is 11.8 Å². The average molecular weight is 276 g/mol. The van der Waals surface area contributed by atoms with Gasteiger partial charge in [0.2, 0.25) is 5.16 Å². The Labute approximate surface area is 116 Å². The highest BCUT2D eigenvalue weighted by Gasteiger charge is 2.23. The van der Waals surface area contributed by atoms with E-state index in [0.717, 1.165) is 28.9 Å². The third-order valence-corrected chi connectivity index (χ3v) is 4.22. The number of methoxy groups -OCH3 is 1. The second-order valence-corrected chi connectivity index (χ2v) is 5.34. The summed E-state index contributed by atoms with van der Waals surface area (Å²) in [6.45, 7) is 2.08. The lowest BCUT2D eigenvalue weighted by Crippen LogP contribution is -2.29. The molecule has 1 aromatic carbocycles. The molecule has 0 saturated heterocycles. The van der Waals surface area contributed by atoms with E-state index in [1.54, 1.807) is 18.9 Å². The van der Waals surface area contributed by atoms with Gasteiger partial charge in [0.1, 0.15) is 5.75 Å². The van der Waals surface area contributed by atoms with Crippen molar-refractivity contribution in [3.05, 3.63) is 35.7 Å². The first-order valence-electron chi connectivity index (χ1n) is 6.29. The third-order valence-electron chi connectivity index (χ3n) is 3.20. The Morgan fingerprint density at radius 3 is 2.84 bits per heavy atom. The number of ether oxygens (including phenoxy) is 1. The van der Waals surface area contributed by atoms with Gasteiger partial charge in [0.05, 0.1) is 13.2 Å². The summed E-state index contributed by atoms with van der Waals surface area (Å²) in [5.41, 5.74) is 4.73. The van der Waals surface area contributed by atoms with Crippen LogP contribution in [0.5, 0.6) is 5.75 Å². The SMILES string of the molecule is CCc1nnc2n1NC(c1ccc(OC)cc1)CS2. The van der Waals surface area contributed by atoms with Crippen LogP contribution in [0.15, 0.2) is 29.4 Å². The smallest absolute Gasteiger partial charge is 0.210 e. The van der Waals surface area contributed by atoms with Crippen LogP contribution in [-0.4, -0.2) is 27.7 Å². The molecule has 0 bridgehead atoms. The molecule has 6 heteroatoms. The van der Waals surface area contributed by atoms with E-state index >= 15 is 0 Å². The van der Waals surface area contributed by atoms with Crippen molar-refractivity contribution in [3.63, 3.8) is 0 Å². The van der Waals surface area contributed by atoms with Gasteiger partial charge in [-0.2, -0.15) is 0 Å². The first-order valence-corrected chi connectivity index (χ1v) is 7.28. The molecule has 19 heavy (non-hydrogen) atoms. The molecule has 5 nitrogen and oxygen atoms in total. The number of benzene rings is 1. The molecule has 0 fully saturated rings. The lowest BCUT2D eigenvalue weighted by Gasteiger charge is -2.26. The molecule has 2 aromatic rings. The molecule has 0 saturated carbocycles. The first kappa shape index (κ1) is 12.3. The molecule has 2 heterocycles. The van der Waals surface area contributed by atoms with E-state index in [-0.39, 0.29) is 6.04 Å². The fourth-order valence-electron chi connectivity index (χ4n) is 2.11. The van der Waals surface area contributed by atoms with Gasteiger partial charge in [0.25, 0.3) is 0 Å². The number of aromatic nitrogens is 3. The largest absolute Gasteiger partial charge is 0.497 e. The summed E-state index contributed by atoms with van der Waals surface area (Å²) in [4.78, 5) is 0. The maximum Gasteiger partial charge on any atom is 0.210 e. The van der Waals surface area contributed by atoms with Gasteiger partial charge < -0.3 is 10.2 Å². The Kier molecular flexibility index (Phi) is 3.33. The standard InChI is InChI=1S/C13H16N4OS/c1-3-12-14-15-13-17(12)16-11(8-19-13)9-4-6-10(18-2)7-5-9/h4-7,11,16H,3,8H2,1-2H3. The molecule has 1 N–H and O–H groups in total. The first-order chi connectivity index (χ1) is 9.31. The van der Waals surface area contributed by atoms with Crippen LogP contribution in [0.1, 0.15) is 24.4 Å². The van der Waals surface area contributed by atoms with Crippen LogP contribution in [0, 0.1) is 0 Å². The van der Waals surface area contributed by atoms with Crippen molar-refractivity contribution in [3.8, 4) is 5.75 Å². The Balaban J connectivity index is 1.84. The average Bonchev–Trinajstić information content (AvgIpc) is 2.89. The summed E-state index contributed by atoms with van der Waals surface area (Å²) in [5.74, 6) is 2.81. The molecule has 0 radical (unpaired) electrons. The van der Waals surface area contributed by atoms with Crippen LogP contribution in [0.25, 0.3) is 0 Å². The number of nitrogens with zero attached hydrogens (tertiary/aromatic N) is 3. The maximum atomic E-state index is 5.19. The zero-order chi connectivity index (χ0) is 13.2. The summed E-state index contributed by atoms with van der Waals surface area (Å²) >= 11 is 1.73. The highest BCUT2D eigenvalue weighted by Crippen LogP contribution is 2.30. The summed E-state index contributed by atoms with van der Waals surface area (Å²) in [6, 6.07) is 8.44. The summed E-state index contributed by atoms with van der Waals surface area (Å²) in [7, 11) is 1.68. The van der Waals surface area contributed by atoms with Crippen LogP contribution < -0.4 is 10.2 Å². The molecule has 0 spiro atoms. The minimum Gasteiger partial charge on any atom is -0.497 e. The van der Waals surface area contributed by atoms with Crippen LogP contribution in [-0.2, 0) is 6.42 Å². The molecule has 0 amide bonds. The number of fused-ring (bicyclic) bond motifs is 1. The molecule has 100 valence electrons. The second-order valence-electron chi connectivity index (χ2n) is 4.35. The fraction of sp³-hybridized carbons (Fsp3) is 0.385. The monoisotopic (exact) mass is 276 g/mol. The Bertz CT molecular complexity index is 553. The fourth-order valence-corrected chi connectivity index (χ4v) is 3.08. The van der Waals surface area contributed by atoms with Gasteiger partial charge in [0.15, 0.2) is 5.82 Å². The Morgan fingerprint density at radius 1 is 1.37 bits per heavy atom. The normalized spacial score (nSPS) is 17.7. The van der Waals surface area contributed by atoms with Crippen molar-refractivity contribution in [2.75, 3.05) is 18.3 Å². The Hall–Kier alpha value is -1.69. The Morgan fingerprint density at radius 2 is 2.16 bits per heavy atom. The number of rotatable bonds is 3. The lowest BCUT2D eigenvalue weighted by molar-refractivity contribution is 0.414. The van der Waals surface area contributed by atoms with Gasteiger partial charge in [0, 0.05) is 12.2 Å². The maximum absolute atomic E-state index is 5.19. The highest BCUT2D eigenvalue weighted by molar-refractivity contribution is 7.99. The molecule has 0 aliphatic carbocycles. The molecular weight excluding hydrogens is 260 g/mol. The quantitative estimate of drug-likeness (QED) is 0.931. The van der Waals surface area contributed by atoms with E-state index in [1.165, 1.54) is 5.56 Å². The topological polar surface area (TPSA) is 52.0 Å². The van der Waals surface area contributed by atoms with Crippen molar-refractivity contribution in [2.24, 2.45) is 0 Å². The van der Waals surface area contributed by atoms with Gasteiger partial charge in [-0.3, -0.25) is 0 Å². The van der Waals surface area contributed by atoms with E-state index < -0.39 is 0 Å². The third kappa shape index (κ3) is 2.28. The van der Waals surface area contributed by atoms with Crippen molar-refractivity contribution in [1.29, 1.82) is 0 Å². The van der Waals surface area contributed by atoms with Gasteiger partial charge in [-0.25, -0.2) is 4.68 Å².